The van der Waals surface area contributed by atoms with E-state index in [0.717, 1.165) is 38.9 Å². The highest BCUT2D eigenvalue weighted by Gasteiger charge is 2.46. The molecule has 17 aromatic carbocycles. The third-order valence-corrected chi connectivity index (χ3v) is 26.5. The van der Waals surface area contributed by atoms with Gasteiger partial charge in [-0.3, -0.25) is 9.97 Å². The van der Waals surface area contributed by atoms with Gasteiger partial charge in [-0.05, 0) is 185 Å². The number of rotatable bonds is 11. The Kier molecular flexibility index (Phi) is 17.8. The van der Waals surface area contributed by atoms with Crippen LogP contribution in [0.25, 0.3) is 160 Å². The first-order valence-electron chi connectivity index (χ1n) is 39.1. The van der Waals surface area contributed by atoms with Gasteiger partial charge in [-0.1, -0.05) is 334 Å². The molecule has 0 aliphatic heterocycles. The van der Waals surface area contributed by atoms with E-state index in [2.05, 4.69) is 421 Å². The number of anilines is 3. The van der Waals surface area contributed by atoms with Crippen LogP contribution in [0.2, 0.25) is 0 Å². The minimum absolute atomic E-state index is 0.401. The Bertz CT molecular complexity index is 6920. The zero-order chi connectivity index (χ0) is 76.2. The van der Waals surface area contributed by atoms with Gasteiger partial charge < -0.3 is 4.90 Å². The maximum atomic E-state index is 4.67. The lowest BCUT2D eigenvalue weighted by molar-refractivity contribution is 0.768. The first-order chi connectivity index (χ1) is 57.1. The summed E-state index contributed by atoms with van der Waals surface area (Å²) >= 11 is 5.70. The molecule has 540 valence electrons. The number of para-hydroxylation sites is 1. The van der Waals surface area contributed by atoms with E-state index in [1.54, 1.807) is 0 Å². The molecule has 1 aliphatic rings. The second kappa shape index (κ2) is 29.6. The van der Waals surface area contributed by atoms with Gasteiger partial charge in [0.1, 0.15) is 0 Å². The van der Waals surface area contributed by atoms with Crippen molar-refractivity contribution < 1.29 is 0 Å². The molecule has 0 unspecified atom stereocenters. The predicted octanol–water partition coefficient (Wildman–Crippen LogP) is 31.1. The summed E-state index contributed by atoms with van der Waals surface area (Å²) in [6, 6.07) is 151. The maximum Gasteiger partial charge on any atom is 0.0970 e. The molecule has 6 heteroatoms. The minimum atomic E-state index is -0.401. The molecule has 0 fully saturated rings. The van der Waals surface area contributed by atoms with Crippen molar-refractivity contribution in [3.8, 4) is 77.9 Å². The van der Waals surface area contributed by atoms with E-state index in [-0.39, 0.29) is 0 Å². The maximum absolute atomic E-state index is 4.67. The summed E-state index contributed by atoms with van der Waals surface area (Å²) in [6.45, 7) is 0. The standard InChI is InChI=1S/C43H31N.C42H24S3.C24H16N2/c1-4-14-32(15-5-1)33-24-28-37(29-25-33)44(36-18-8-3-9-19-36)38-30-26-35(27-31-38)43(34-16-6-2-7-17-34)41-22-12-10-20-39(41)40-21-11-13-23-42(40)43;1-4-19-37-31(10-1)34-16-7-13-28(40(34)43-37)25-22-26(29-14-8-17-35-32-11-2-5-20-38(32)44-41(29)35)24-27(23-25)30-15-9-18-36-33-12-3-6-21-39(33)45-42(30)36;1-3-7-17(8-4-1)19-13-15-25-23-21(19)11-12-22-20(14-16-26-24(22)23)18-9-5-2-6-10-18/h1-31H;1-24H;1-16H. The Morgan fingerprint density at radius 1 is 0.200 bits per heavy atom. The summed E-state index contributed by atoms with van der Waals surface area (Å²) in [7, 11) is 0. The fraction of sp³-hybridized carbons (Fsp3) is 0.00917. The summed E-state index contributed by atoms with van der Waals surface area (Å²) in [5, 5.41) is 10.3. The highest BCUT2D eigenvalue weighted by molar-refractivity contribution is 7.27. The molecule has 5 aromatic heterocycles. The number of thiophene rings is 3. The molecular weight excluding hydrogens is 1450 g/mol. The molecule has 22 aromatic rings. The van der Waals surface area contributed by atoms with Crippen molar-refractivity contribution in [2.24, 2.45) is 0 Å². The summed E-state index contributed by atoms with van der Waals surface area (Å²) in [5.74, 6) is 0. The molecule has 1 aliphatic carbocycles. The molecule has 0 bridgehead atoms. The molecule has 23 rings (SSSR count). The number of aromatic nitrogens is 2. The van der Waals surface area contributed by atoms with Crippen molar-refractivity contribution in [1.29, 1.82) is 0 Å². The van der Waals surface area contributed by atoms with Crippen LogP contribution in [0.15, 0.2) is 431 Å². The largest absolute Gasteiger partial charge is 0.311 e. The van der Waals surface area contributed by atoms with Crippen molar-refractivity contribution >= 4 is 133 Å². The van der Waals surface area contributed by atoms with E-state index in [1.165, 1.54) is 161 Å². The van der Waals surface area contributed by atoms with Gasteiger partial charge in [0.05, 0.1) is 16.4 Å². The van der Waals surface area contributed by atoms with Crippen LogP contribution in [0.5, 0.6) is 0 Å². The Balaban J connectivity index is 0.000000112. The predicted molar refractivity (Wildman–Crippen MR) is 493 cm³/mol. The zero-order valence-corrected chi connectivity index (χ0v) is 65.0. The first-order valence-corrected chi connectivity index (χ1v) is 41.5. The van der Waals surface area contributed by atoms with Crippen LogP contribution in [0, 0.1) is 0 Å². The van der Waals surface area contributed by atoms with E-state index >= 15 is 0 Å². The quantitative estimate of drug-likeness (QED) is 0.121. The lowest BCUT2D eigenvalue weighted by atomic mass is 9.68. The van der Waals surface area contributed by atoms with Crippen molar-refractivity contribution in [3.05, 3.63) is 453 Å². The summed E-state index contributed by atoms with van der Waals surface area (Å²) < 4.78 is 8.05. The molecule has 3 nitrogen and oxygen atoms in total. The lowest BCUT2D eigenvalue weighted by Gasteiger charge is -2.34. The van der Waals surface area contributed by atoms with Crippen LogP contribution in [0.3, 0.4) is 0 Å². The molecule has 115 heavy (non-hydrogen) atoms. The molecule has 0 saturated carbocycles. The van der Waals surface area contributed by atoms with Crippen molar-refractivity contribution in [1.82, 2.24) is 9.97 Å². The number of hydrogen-bond donors (Lipinski definition) is 0. The van der Waals surface area contributed by atoms with Crippen LogP contribution >= 0.6 is 34.0 Å². The third kappa shape index (κ3) is 12.3. The van der Waals surface area contributed by atoms with Gasteiger partial charge in [0.15, 0.2) is 0 Å². The first kappa shape index (κ1) is 69.0. The highest BCUT2D eigenvalue weighted by Crippen LogP contribution is 2.57. The average molecular weight is 1520 g/mol. The third-order valence-electron chi connectivity index (χ3n) is 22.8. The van der Waals surface area contributed by atoms with Gasteiger partial charge >= 0.3 is 0 Å². The van der Waals surface area contributed by atoms with Crippen LogP contribution in [-0.2, 0) is 5.41 Å². The average Bonchev–Trinajstić information content (AvgIpc) is 1.60. The van der Waals surface area contributed by atoms with Gasteiger partial charge in [-0.15, -0.1) is 34.0 Å². The van der Waals surface area contributed by atoms with E-state index in [9.17, 15) is 0 Å². The Hall–Kier alpha value is -14.0. The molecule has 0 saturated heterocycles. The molecule has 0 atom stereocenters. The van der Waals surface area contributed by atoms with E-state index in [4.69, 9.17) is 0 Å². The monoisotopic (exact) mass is 1520 g/mol. The minimum Gasteiger partial charge on any atom is -0.311 e. The van der Waals surface area contributed by atoms with E-state index < -0.39 is 5.41 Å². The molecule has 0 N–H and O–H groups in total. The topological polar surface area (TPSA) is 29.0 Å². The SMILES string of the molecule is c1ccc(-c2ccc(N(c3ccccc3)c3ccc(C4(c5ccccc5)c5ccccc5-c5ccccc54)cc3)cc2)cc1.c1ccc(-c2ccnc3c2ccc2c(-c4ccccc4)ccnc23)cc1.c1ccc2c(c1)sc1c(-c3cc(-c4cccc5c4sc4ccccc45)cc(-c4cccc5c4sc4ccccc45)c3)cccc12. The van der Waals surface area contributed by atoms with Crippen LogP contribution < -0.4 is 4.90 Å². The molecule has 0 amide bonds. The second-order valence-corrected chi connectivity index (χ2v) is 32.4. The molecular formula is C109H71N3S3. The fourth-order valence-electron chi connectivity index (χ4n) is 17.6. The smallest absolute Gasteiger partial charge is 0.0970 e. The number of benzene rings is 17. The number of nitrogens with zero attached hydrogens (tertiary/aromatic N) is 3. The molecule has 0 radical (unpaired) electrons. The van der Waals surface area contributed by atoms with E-state index in [0.29, 0.717) is 0 Å². The number of pyridine rings is 2. The lowest BCUT2D eigenvalue weighted by Crippen LogP contribution is -2.28. The van der Waals surface area contributed by atoms with Crippen LogP contribution in [-0.4, -0.2) is 9.97 Å². The highest BCUT2D eigenvalue weighted by atomic mass is 32.1. The molecule has 5 heterocycles. The Labute approximate surface area is 679 Å². The summed E-state index contributed by atoms with van der Waals surface area (Å²) in [5.41, 5.74) is 27.5. The van der Waals surface area contributed by atoms with Crippen LogP contribution in [0.1, 0.15) is 22.3 Å². The zero-order valence-electron chi connectivity index (χ0n) is 62.6. The summed E-state index contributed by atoms with van der Waals surface area (Å²) in [6.07, 6.45) is 3.75. The van der Waals surface area contributed by atoms with E-state index in [1.807, 2.05) is 58.5 Å². The number of fused-ring (bicyclic) bond motifs is 15. The fourth-order valence-corrected chi connectivity index (χ4v) is 21.3. The number of hydrogen-bond acceptors (Lipinski definition) is 6. The van der Waals surface area contributed by atoms with Crippen molar-refractivity contribution in [2.75, 3.05) is 4.90 Å². The second-order valence-electron chi connectivity index (χ2n) is 29.3. The molecule has 0 spiro atoms. The Morgan fingerprint density at radius 2 is 0.513 bits per heavy atom. The Morgan fingerprint density at radius 3 is 0.939 bits per heavy atom. The van der Waals surface area contributed by atoms with Crippen LogP contribution in [0.4, 0.5) is 17.1 Å². The van der Waals surface area contributed by atoms with Gasteiger partial charge in [0.2, 0.25) is 0 Å². The van der Waals surface area contributed by atoms with Gasteiger partial charge in [0.25, 0.3) is 0 Å². The van der Waals surface area contributed by atoms with Crippen molar-refractivity contribution in [2.45, 2.75) is 5.41 Å². The van der Waals surface area contributed by atoms with Crippen molar-refractivity contribution in [3.63, 3.8) is 0 Å². The summed E-state index contributed by atoms with van der Waals surface area (Å²) in [4.78, 5) is 11.7. The van der Waals surface area contributed by atoms with Gasteiger partial charge in [-0.25, -0.2) is 0 Å². The normalized spacial score (nSPS) is 12.1. The van der Waals surface area contributed by atoms with Gasteiger partial charge in [0, 0.05) is 101 Å². The van der Waals surface area contributed by atoms with Gasteiger partial charge in [-0.2, -0.15) is 0 Å².